The number of hydrogen-bond acceptors (Lipinski definition) is 6. The summed E-state index contributed by atoms with van der Waals surface area (Å²) in [5.41, 5.74) is 6.58. The van der Waals surface area contributed by atoms with Crippen molar-refractivity contribution in [2.75, 3.05) is 52.6 Å². The molecule has 3 heterocycles. The number of nitrogens with two attached hydrogens (primary N) is 1. The number of primary amides is 1. The minimum atomic E-state index is -0.245. The van der Waals surface area contributed by atoms with E-state index in [-0.39, 0.29) is 17.7 Å². The van der Waals surface area contributed by atoms with Crippen LogP contribution in [0.4, 0.5) is 0 Å². The lowest BCUT2D eigenvalue weighted by atomic mass is 9.96. The monoisotopic (exact) mass is 388 g/mol. The van der Waals surface area contributed by atoms with Gasteiger partial charge in [-0.1, -0.05) is 6.07 Å². The number of fused-ring (bicyclic) bond motifs is 1. The van der Waals surface area contributed by atoms with Gasteiger partial charge in [-0.15, -0.1) is 0 Å². The van der Waals surface area contributed by atoms with Crippen molar-refractivity contribution in [1.29, 1.82) is 0 Å². The van der Waals surface area contributed by atoms with Crippen molar-refractivity contribution in [3.8, 4) is 11.5 Å². The number of likely N-dealkylation sites (tertiary alicyclic amines) is 1. The number of carbonyl (C=O) groups excluding carboxylic acids is 2. The van der Waals surface area contributed by atoms with Crippen molar-refractivity contribution in [2.24, 2.45) is 11.7 Å². The fourth-order valence-corrected chi connectivity index (χ4v) is 4.11. The summed E-state index contributed by atoms with van der Waals surface area (Å²) in [6, 6.07) is 6.10. The lowest BCUT2D eigenvalue weighted by Crippen LogP contribution is -2.51. The zero-order chi connectivity index (χ0) is 19.5. The Morgan fingerprint density at radius 2 is 1.64 bits per heavy atom. The highest BCUT2D eigenvalue weighted by atomic mass is 16.7. The van der Waals surface area contributed by atoms with E-state index in [9.17, 15) is 9.59 Å². The number of ether oxygens (including phenoxy) is 2. The van der Waals surface area contributed by atoms with E-state index in [0.29, 0.717) is 39.3 Å². The van der Waals surface area contributed by atoms with Crippen molar-refractivity contribution in [3.05, 3.63) is 23.8 Å². The van der Waals surface area contributed by atoms with Crippen LogP contribution in [0, 0.1) is 5.92 Å². The Morgan fingerprint density at radius 1 is 0.964 bits per heavy atom. The molecular formula is C20H28N4O4. The normalized spacial score (nSPS) is 21.1. The summed E-state index contributed by atoms with van der Waals surface area (Å²) in [5, 5.41) is 0. The quantitative estimate of drug-likeness (QED) is 0.778. The summed E-state index contributed by atoms with van der Waals surface area (Å²) >= 11 is 0. The summed E-state index contributed by atoms with van der Waals surface area (Å²) in [7, 11) is 0. The highest BCUT2D eigenvalue weighted by Gasteiger charge is 2.27. The fourth-order valence-electron chi connectivity index (χ4n) is 4.11. The predicted octanol–water partition coefficient (Wildman–Crippen LogP) is 0.257. The third-order valence-corrected chi connectivity index (χ3v) is 5.92. The fraction of sp³-hybridized carbons (Fsp3) is 0.600. The zero-order valence-electron chi connectivity index (χ0n) is 16.1. The Morgan fingerprint density at radius 3 is 2.36 bits per heavy atom. The summed E-state index contributed by atoms with van der Waals surface area (Å²) < 4.78 is 10.8. The summed E-state index contributed by atoms with van der Waals surface area (Å²) in [4.78, 5) is 30.3. The van der Waals surface area contributed by atoms with Crippen LogP contribution in [0.5, 0.6) is 11.5 Å². The number of amides is 2. The Hall–Kier alpha value is -2.32. The largest absolute Gasteiger partial charge is 0.454 e. The summed E-state index contributed by atoms with van der Waals surface area (Å²) in [6.07, 6.45) is 1.37. The van der Waals surface area contributed by atoms with Gasteiger partial charge < -0.3 is 20.1 Å². The number of piperazine rings is 1. The average molecular weight is 388 g/mol. The van der Waals surface area contributed by atoms with E-state index in [4.69, 9.17) is 15.2 Å². The summed E-state index contributed by atoms with van der Waals surface area (Å²) in [5.74, 6) is 1.47. The van der Waals surface area contributed by atoms with Crippen LogP contribution in [-0.2, 0) is 16.1 Å². The van der Waals surface area contributed by atoms with E-state index in [2.05, 4.69) is 15.9 Å². The molecule has 2 fully saturated rings. The molecule has 0 saturated carbocycles. The molecule has 0 aliphatic carbocycles. The van der Waals surface area contributed by atoms with Crippen LogP contribution in [-0.4, -0.2) is 79.1 Å². The minimum Gasteiger partial charge on any atom is -0.454 e. The number of hydrogen-bond donors (Lipinski definition) is 1. The third-order valence-electron chi connectivity index (χ3n) is 5.92. The maximum absolute atomic E-state index is 12.6. The number of nitrogens with zero attached hydrogens (tertiary/aromatic N) is 3. The minimum absolute atomic E-state index is 0.0798. The molecule has 3 aliphatic rings. The molecule has 8 nitrogen and oxygen atoms in total. The van der Waals surface area contributed by atoms with E-state index in [0.717, 1.165) is 44.2 Å². The van der Waals surface area contributed by atoms with Gasteiger partial charge >= 0.3 is 0 Å². The topological polar surface area (TPSA) is 88.3 Å². The van der Waals surface area contributed by atoms with E-state index >= 15 is 0 Å². The smallest absolute Gasteiger partial charge is 0.236 e. The average Bonchev–Trinajstić information content (AvgIpc) is 3.17. The molecule has 4 rings (SSSR count). The van der Waals surface area contributed by atoms with Gasteiger partial charge in [-0.25, -0.2) is 0 Å². The molecule has 3 aliphatic heterocycles. The molecule has 28 heavy (non-hydrogen) atoms. The third kappa shape index (κ3) is 4.39. The van der Waals surface area contributed by atoms with Crippen LogP contribution in [0.2, 0.25) is 0 Å². The first-order valence-electron chi connectivity index (χ1n) is 9.99. The van der Waals surface area contributed by atoms with Gasteiger partial charge in [-0.2, -0.15) is 0 Å². The van der Waals surface area contributed by atoms with Gasteiger partial charge in [0, 0.05) is 51.7 Å². The molecule has 0 unspecified atom stereocenters. The Labute approximate surface area is 165 Å². The number of rotatable bonds is 5. The second kappa shape index (κ2) is 8.36. The van der Waals surface area contributed by atoms with Gasteiger partial charge in [-0.05, 0) is 30.5 Å². The maximum atomic E-state index is 12.6. The predicted molar refractivity (Wildman–Crippen MR) is 103 cm³/mol. The first-order valence-corrected chi connectivity index (χ1v) is 9.99. The first kappa shape index (κ1) is 19.0. The van der Waals surface area contributed by atoms with Gasteiger partial charge in [0.25, 0.3) is 0 Å². The maximum Gasteiger partial charge on any atom is 0.236 e. The van der Waals surface area contributed by atoms with E-state index < -0.39 is 0 Å². The molecule has 0 aromatic heterocycles. The van der Waals surface area contributed by atoms with Crippen LogP contribution >= 0.6 is 0 Å². The standard InChI is InChI=1S/C20H28N4O4/c21-20(26)16-3-5-24(6-4-16)19(25)13-23-9-7-22(8-10-23)12-15-1-2-17-18(11-15)28-14-27-17/h1-2,11,16H,3-10,12-14H2,(H2,21,26). The molecule has 0 spiro atoms. The molecule has 152 valence electrons. The highest BCUT2D eigenvalue weighted by molar-refractivity contribution is 5.80. The SMILES string of the molecule is NC(=O)C1CCN(C(=O)CN2CCN(Cc3ccc4c(c3)OCO4)CC2)CC1. The van der Waals surface area contributed by atoms with Gasteiger partial charge in [0.1, 0.15) is 0 Å². The first-order chi connectivity index (χ1) is 13.6. The van der Waals surface area contributed by atoms with E-state index in [1.165, 1.54) is 5.56 Å². The van der Waals surface area contributed by atoms with E-state index in [1.807, 2.05) is 17.0 Å². The van der Waals surface area contributed by atoms with Crippen LogP contribution in [0.25, 0.3) is 0 Å². The van der Waals surface area contributed by atoms with Crippen molar-refractivity contribution >= 4 is 11.8 Å². The molecule has 0 bridgehead atoms. The van der Waals surface area contributed by atoms with Crippen LogP contribution in [0.1, 0.15) is 18.4 Å². The highest BCUT2D eigenvalue weighted by Crippen LogP contribution is 2.32. The van der Waals surface area contributed by atoms with Crippen molar-refractivity contribution in [1.82, 2.24) is 14.7 Å². The van der Waals surface area contributed by atoms with Gasteiger partial charge in [0.15, 0.2) is 11.5 Å². The lowest BCUT2D eigenvalue weighted by Gasteiger charge is -2.36. The number of carbonyl (C=O) groups is 2. The van der Waals surface area contributed by atoms with Gasteiger partial charge in [0.2, 0.25) is 18.6 Å². The molecule has 0 atom stereocenters. The molecular weight excluding hydrogens is 360 g/mol. The van der Waals surface area contributed by atoms with Crippen molar-refractivity contribution in [2.45, 2.75) is 19.4 Å². The molecule has 1 aromatic carbocycles. The van der Waals surface area contributed by atoms with Crippen molar-refractivity contribution < 1.29 is 19.1 Å². The molecule has 2 amide bonds. The Bertz CT molecular complexity index is 725. The van der Waals surface area contributed by atoms with Gasteiger partial charge in [0.05, 0.1) is 6.54 Å². The molecule has 1 aromatic rings. The summed E-state index contributed by atoms with van der Waals surface area (Å²) in [6.45, 7) is 6.54. The lowest BCUT2D eigenvalue weighted by molar-refractivity contribution is -0.136. The van der Waals surface area contributed by atoms with E-state index in [1.54, 1.807) is 0 Å². The van der Waals surface area contributed by atoms with Crippen LogP contribution < -0.4 is 15.2 Å². The number of benzene rings is 1. The van der Waals surface area contributed by atoms with Crippen LogP contribution in [0.15, 0.2) is 18.2 Å². The number of piperidine rings is 1. The Kier molecular flexibility index (Phi) is 5.68. The molecule has 2 N–H and O–H groups in total. The van der Waals surface area contributed by atoms with Gasteiger partial charge in [-0.3, -0.25) is 19.4 Å². The molecule has 2 saturated heterocycles. The molecule has 0 radical (unpaired) electrons. The second-order valence-corrected chi connectivity index (χ2v) is 7.80. The second-order valence-electron chi connectivity index (χ2n) is 7.80. The Balaban J connectivity index is 1.20. The molecule has 8 heteroatoms. The zero-order valence-corrected chi connectivity index (χ0v) is 16.1. The van der Waals surface area contributed by atoms with Crippen LogP contribution in [0.3, 0.4) is 0 Å². The van der Waals surface area contributed by atoms with Crippen molar-refractivity contribution in [3.63, 3.8) is 0 Å².